The number of carbonyl (C=O) groups is 1. The molecule has 2 heterocycles. The van der Waals surface area contributed by atoms with E-state index in [1.165, 1.54) is 11.3 Å². The van der Waals surface area contributed by atoms with E-state index in [0.29, 0.717) is 15.8 Å². The number of hydrogen-bond donors (Lipinski definition) is 2. The van der Waals surface area contributed by atoms with Crippen LogP contribution in [0.5, 0.6) is 0 Å². The molecule has 0 aliphatic carbocycles. The number of nitrogens with one attached hydrogen (secondary N) is 2. The highest BCUT2D eigenvalue weighted by atomic mass is 32.1. The van der Waals surface area contributed by atoms with Crippen molar-refractivity contribution in [3.63, 3.8) is 0 Å². The number of nitrogens with zero attached hydrogens (tertiary/aromatic N) is 3. The Bertz CT molecular complexity index is 780. The molecule has 21 heavy (non-hydrogen) atoms. The van der Waals surface area contributed by atoms with Gasteiger partial charge in [0.15, 0.2) is 0 Å². The molecule has 3 rings (SSSR count). The lowest BCUT2D eigenvalue weighted by atomic mass is 10.2. The number of aromatic nitrogens is 3. The molecule has 1 aromatic carbocycles. The molecule has 7 heteroatoms. The molecule has 6 nitrogen and oxygen atoms in total. The van der Waals surface area contributed by atoms with Crippen LogP contribution < -0.4 is 10.6 Å². The minimum absolute atomic E-state index is 0.270. The molecular formula is C14H13N5OS. The first-order chi connectivity index (χ1) is 10.3. The van der Waals surface area contributed by atoms with E-state index < -0.39 is 0 Å². The van der Waals surface area contributed by atoms with Crippen molar-refractivity contribution < 1.29 is 4.79 Å². The van der Waals surface area contributed by atoms with Crippen molar-refractivity contribution >= 4 is 39.0 Å². The van der Waals surface area contributed by atoms with Gasteiger partial charge in [-0.2, -0.15) is 0 Å². The maximum absolute atomic E-state index is 12.2. The number of benzene rings is 1. The van der Waals surface area contributed by atoms with Gasteiger partial charge in [0.05, 0.1) is 11.2 Å². The lowest BCUT2D eigenvalue weighted by Gasteiger charge is -2.06. The summed E-state index contributed by atoms with van der Waals surface area (Å²) in [7, 11) is 0. The Morgan fingerprint density at radius 1 is 1.24 bits per heavy atom. The summed E-state index contributed by atoms with van der Waals surface area (Å²) >= 11 is 1.23. The predicted octanol–water partition coefficient (Wildman–Crippen LogP) is 2.77. The molecule has 0 spiro atoms. The summed E-state index contributed by atoms with van der Waals surface area (Å²) in [5, 5.41) is 15.6. The van der Waals surface area contributed by atoms with Crippen molar-refractivity contribution in [3.05, 3.63) is 41.5 Å². The van der Waals surface area contributed by atoms with Gasteiger partial charge >= 0.3 is 0 Å². The van der Waals surface area contributed by atoms with E-state index >= 15 is 0 Å². The second kappa shape index (κ2) is 5.84. The minimum atomic E-state index is -0.270. The summed E-state index contributed by atoms with van der Waals surface area (Å²) in [5.41, 5.74) is 1.55. The molecule has 0 saturated carbocycles. The van der Waals surface area contributed by atoms with Crippen molar-refractivity contribution in [3.8, 4) is 0 Å². The lowest BCUT2D eigenvalue weighted by Crippen LogP contribution is -2.11. The van der Waals surface area contributed by atoms with E-state index in [-0.39, 0.29) is 5.91 Å². The molecule has 0 fully saturated rings. The molecule has 2 aromatic heterocycles. The predicted molar refractivity (Wildman–Crippen MR) is 83.8 cm³/mol. The van der Waals surface area contributed by atoms with Crippen LogP contribution in [0.15, 0.2) is 36.5 Å². The Labute approximate surface area is 125 Å². The SMILES string of the molecule is CCNc1nnc(C(=O)Nc2cccc3ncccc23)s1. The van der Waals surface area contributed by atoms with Crippen LogP contribution in [0.3, 0.4) is 0 Å². The Hall–Kier alpha value is -2.54. The van der Waals surface area contributed by atoms with E-state index in [9.17, 15) is 4.79 Å². The van der Waals surface area contributed by atoms with E-state index in [2.05, 4.69) is 25.8 Å². The summed E-state index contributed by atoms with van der Waals surface area (Å²) in [6.07, 6.45) is 1.72. The molecule has 3 aromatic rings. The van der Waals surface area contributed by atoms with E-state index in [4.69, 9.17) is 0 Å². The number of rotatable bonds is 4. The smallest absolute Gasteiger partial charge is 0.286 e. The summed E-state index contributed by atoms with van der Waals surface area (Å²) in [4.78, 5) is 16.5. The van der Waals surface area contributed by atoms with Gasteiger partial charge in [-0.3, -0.25) is 9.78 Å². The maximum atomic E-state index is 12.2. The molecule has 0 radical (unpaired) electrons. The number of amides is 1. The molecule has 0 aliphatic rings. The fourth-order valence-electron chi connectivity index (χ4n) is 1.93. The average molecular weight is 299 g/mol. The number of fused-ring (bicyclic) bond motifs is 1. The first kappa shape index (κ1) is 13.4. The summed E-state index contributed by atoms with van der Waals surface area (Å²) in [5.74, 6) is -0.270. The van der Waals surface area contributed by atoms with Crippen LogP contribution in [-0.4, -0.2) is 27.6 Å². The van der Waals surface area contributed by atoms with Crippen molar-refractivity contribution in [1.29, 1.82) is 0 Å². The molecule has 2 N–H and O–H groups in total. The first-order valence-electron chi connectivity index (χ1n) is 6.50. The molecule has 0 atom stereocenters. The third-order valence-electron chi connectivity index (χ3n) is 2.84. The zero-order valence-corrected chi connectivity index (χ0v) is 12.1. The minimum Gasteiger partial charge on any atom is -0.360 e. The standard InChI is InChI=1S/C14H13N5OS/c1-2-15-14-19-18-13(21-14)12(20)17-11-7-3-6-10-9(11)5-4-8-16-10/h3-8H,2H2,1H3,(H,15,19)(H,17,20). The molecule has 106 valence electrons. The van der Waals surface area contributed by atoms with Crippen molar-refractivity contribution in [1.82, 2.24) is 15.2 Å². The van der Waals surface area contributed by atoms with Crippen LogP contribution in [0, 0.1) is 0 Å². The van der Waals surface area contributed by atoms with E-state index in [1.54, 1.807) is 6.20 Å². The van der Waals surface area contributed by atoms with Gasteiger partial charge in [0.25, 0.3) is 5.91 Å². The normalized spacial score (nSPS) is 10.5. The molecular weight excluding hydrogens is 286 g/mol. The molecule has 0 aliphatic heterocycles. The van der Waals surface area contributed by atoms with E-state index in [1.807, 2.05) is 37.3 Å². The van der Waals surface area contributed by atoms with Gasteiger partial charge < -0.3 is 10.6 Å². The third kappa shape index (κ3) is 2.82. The van der Waals surface area contributed by atoms with Crippen LogP contribution in [0.2, 0.25) is 0 Å². The van der Waals surface area contributed by atoms with Crippen molar-refractivity contribution in [2.45, 2.75) is 6.92 Å². The Morgan fingerprint density at radius 2 is 2.14 bits per heavy atom. The lowest BCUT2D eigenvalue weighted by molar-refractivity contribution is 0.102. The zero-order valence-electron chi connectivity index (χ0n) is 11.3. The van der Waals surface area contributed by atoms with Gasteiger partial charge in [-0.25, -0.2) is 0 Å². The third-order valence-corrected chi connectivity index (χ3v) is 3.72. The molecule has 0 unspecified atom stereocenters. The van der Waals surface area contributed by atoms with Gasteiger partial charge in [0.2, 0.25) is 10.1 Å². The molecule has 0 saturated heterocycles. The zero-order chi connectivity index (χ0) is 14.7. The fourth-order valence-corrected chi connectivity index (χ4v) is 2.63. The monoisotopic (exact) mass is 299 g/mol. The Balaban J connectivity index is 1.85. The maximum Gasteiger partial charge on any atom is 0.286 e. The summed E-state index contributed by atoms with van der Waals surface area (Å²) in [6, 6.07) is 9.36. The highest BCUT2D eigenvalue weighted by molar-refractivity contribution is 7.17. The quantitative estimate of drug-likeness (QED) is 0.774. The summed E-state index contributed by atoms with van der Waals surface area (Å²) in [6.45, 7) is 2.70. The van der Waals surface area contributed by atoms with Crippen LogP contribution in [0.4, 0.5) is 10.8 Å². The fraction of sp³-hybridized carbons (Fsp3) is 0.143. The number of carbonyl (C=O) groups excluding carboxylic acids is 1. The summed E-state index contributed by atoms with van der Waals surface area (Å²) < 4.78 is 0. The number of hydrogen-bond acceptors (Lipinski definition) is 6. The second-order valence-electron chi connectivity index (χ2n) is 4.27. The van der Waals surface area contributed by atoms with Gasteiger partial charge in [0.1, 0.15) is 0 Å². The highest BCUT2D eigenvalue weighted by Crippen LogP contribution is 2.23. The van der Waals surface area contributed by atoms with Crippen LogP contribution in [0.1, 0.15) is 16.7 Å². The van der Waals surface area contributed by atoms with Gasteiger partial charge in [-0.15, -0.1) is 10.2 Å². The average Bonchev–Trinajstić information content (AvgIpc) is 2.97. The largest absolute Gasteiger partial charge is 0.360 e. The number of anilines is 2. The Kier molecular flexibility index (Phi) is 3.74. The van der Waals surface area contributed by atoms with Crippen LogP contribution in [0.25, 0.3) is 10.9 Å². The van der Waals surface area contributed by atoms with Crippen molar-refractivity contribution in [2.24, 2.45) is 0 Å². The van der Waals surface area contributed by atoms with Crippen molar-refractivity contribution in [2.75, 3.05) is 17.2 Å². The molecule has 0 bridgehead atoms. The van der Waals surface area contributed by atoms with E-state index in [0.717, 1.165) is 17.4 Å². The van der Waals surface area contributed by atoms with Gasteiger partial charge in [-0.1, -0.05) is 17.4 Å². The molecule has 1 amide bonds. The van der Waals surface area contributed by atoms with Gasteiger partial charge in [0, 0.05) is 18.1 Å². The highest BCUT2D eigenvalue weighted by Gasteiger charge is 2.14. The Morgan fingerprint density at radius 3 is 3.00 bits per heavy atom. The first-order valence-corrected chi connectivity index (χ1v) is 7.32. The van der Waals surface area contributed by atoms with Gasteiger partial charge in [-0.05, 0) is 31.2 Å². The van der Waals surface area contributed by atoms with Crippen LogP contribution >= 0.6 is 11.3 Å². The van der Waals surface area contributed by atoms with Crippen LogP contribution in [-0.2, 0) is 0 Å². The topological polar surface area (TPSA) is 79.8 Å². The second-order valence-corrected chi connectivity index (χ2v) is 5.25. The number of pyridine rings is 1.